The van der Waals surface area contributed by atoms with Gasteiger partial charge in [-0.05, 0) is 90.8 Å². The molecule has 2 fully saturated rings. The molecule has 57 heavy (non-hydrogen) atoms. The first-order valence-electron chi connectivity index (χ1n) is 19.4. The number of hydrogen-bond donors (Lipinski definition) is 3. The number of carbonyl (C=O) groups is 4. The van der Waals surface area contributed by atoms with Crippen LogP contribution in [-0.2, 0) is 35.6 Å². The number of halogens is 3. The van der Waals surface area contributed by atoms with Crippen LogP contribution < -0.4 is 20.1 Å². The van der Waals surface area contributed by atoms with Crippen molar-refractivity contribution in [2.75, 3.05) is 6.54 Å². The zero-order chi connectivity index (χ0) is 41.1. The predicted octanol–water partition coefficient (Wildman–Crippen LogP) is 5.94. The molecule has 0 radical (unpaired) electrons. The molecular formula is C40H48ClF2N5O8S. The predicted molar refractivity (Wildman–Crippen MR) is 207 cm³/mol. The van der Waals surface area contributed by atoms with Crippen LogP contribution in [0.1, 0.15) is 103 Å². The van der Waals surface area contributed by atoms with Gasteiger partial charge in [0.15, 0.2) is 5.75 Å². The van der Waals surface area contributed by atoms with Crippen LogP contribution in [0.3, 0.4) is 0 Å². The van der Waals surface area contributed by atoms with Gasteiger partial charge in [-0.15, -0.1) is 0 Å². The molecule has 13 nitrogen and oxygen atoms in total. The molecular weight excluding hydrogens is 784 g/mol. The first kappa shape index (κ1) is 40.9. The number of aryl methyl sites for hydroxylation is 1. The summed E-state index contributed by atoms with van der Waals surface area (Å²) in [6.45, 7) is 6.38. The van der Waals surface area contributed by atoms with Gasteiger partial charge < -0.3 is 25.0 Å². The van der Waals surface area contributed by atoms with Crippen molar-refractivity contribution >= 4 is 56.3 Å². The number of aromatic nitrogens is 1. The van der Waals surface area contributed by atoms with Crippen LogP contribution in [0.4, 0.5) is 13.6 Å². The lowest BCUT2D eigenvalue weighted by Crippen LogP contribution is -2.67. The fraction of sp³-hybridized carbons (Fsp3) is 0.575. The average molecular weight is 832 g/mol. The Hall–Kier alpha value is -4.31. The smallest absolute Gasteiger partial charge is 0.408 e. The number of rotatable bonds is 5. The van der Waals surface area contributed by atoms with Gasteiger partial charge in [0.05, 0.1) is 16.8 Å². The monoisotopic (exact) mass is 831 g/mol. The molecule has 4 amide bonds. The van der Waals surface area contributed by atoms with E-state index in [4.69, 9.17) is 21.1 Å². The van der Waals surface area contributed by atoms with E-state index >= 15 is 0 Å². The Morgan fingerprint density at radius 2 is 1.88 bits per heavy atom. The molecule has 308 valence electrons. The number of pyridine rings is 1. The van der Waals surface area contributed by atoms with Gasteiger partial charge in [0.25, 0.3) is 12.3 Å². The Morgan fingerprint density at radius 1 is 1.12 bits per heavy atom. The summed E-state index contributed by atoms with van der Waals surface area (Å²) in [6, 6.07) is 2.29. The number of ether oxygens (including phenoxy) is 2. The van der Waals surface area contributed by atoms with Crippen molar-refractivity contribution in [1.82, 2.24) is 25.2 Å². The fourth-order valence-corrected chi connectivity index (χ4v) is 9.60. The molecule has 0 unspecified atom stereocenters. The molecule has 1 aromatic carbocycles. The van der Waals surface area contributed by atoms with Crippen molar-refractivity contribution in [3.8, 4) is 5.75 Å². The number of benzene rings is 1. The number of allylic oxidation sites excluding steroid dienone is 1. The van der Waals surface area contributed by atoms with E-state index in [0.717, 1.165) is 0 Å². The van der Waals surface area contributed by atoms with E-state index in [1.165, 1.54) is 11.0 Å². The number of carbonyl (C=O) groups excluding carboxylic acids is 4. The lowest BCUT2D eigenvalue weighted by molar-refractivity contribution is -0.142. The Bertz CT molecular complexity index is 2170. The van der Waals surface area contributed by atoms with E-state index in [0.29, 0.717) is 60.0 Å². The largest absolute Gasteiger partial charge is 0.483 e. The van der Waals surface area contributed by atoms with Gasteiger partial charge in [0.1, 0.15) is 34.5 Å². The molecule has 1 saturated carbocycles. The van der Waals surface area contributed by atoms with Crippen molar-refractivity contribution in [2.45, 2.75) is 132 Å². The number of nitrogens with zero attached hydrogens (tertiary/aromatic N) is 2. The maximum Gasteiger partial charge on any atom is 0.408 e. The maximum absolute atomic E-state index is 14.7. The van der Waals surface area contributed by atoms with Gasteiger partial charge >= 0.3 is 6.09 Å². The van der Waals surface area contributed by atoms with E-state index in [2.05, 4.69) is 20.3 Å². The average Bonchev–Trinajstić information content (AvgIpc) is 3.78. The van der Waals surface area contributed by atoms with Gasteiger partial charge in [-0.25, -0.2) is 27.0 Å². The Balaban J connectivity index is 1.27. The van der Waals surface area contributed by atoms with Gasteiger partial charge in [0.2, 0.25) is 21.8 Å². The van der Waals surface area contributed by atoms with Crippen molar-refractivity contribution in [3.63, 3.8) is 0 Å². The topological polar surface area (TPSA) is 173 Å². The van der Waals surface area contributed by atoms with Crippen LogP contribution in [0, 0.1) is 5.92 Å². The lowest BCUT2D eigenvalue weighted by atomic mass is 9.73. The summed E-state index contributed by atoms with van der Waals surface area (Å²) in [6.07, 6.45) is 6.67. The van der Waals surface area contributed by atoms with Crippen molar-refractivity contribution in [1.29, 1.82) is 0 Å². The highest BCUT2D eigenvalue weighted by atomic mass is 35.5. The minimum atomic E-state index is -4.11. The third-order valence-corrected chi connectivity index (χ3v) is 14.1. The van der Waals surface area contributed by atoms with Gasteiger partial charge in [0, 0.05) is 28.3 Å². The summed E-state index contributed by atoms with van der Waals surface area (Å²) < 4.78 is 69.0. The molecule has 3 aliphatic heterocycles. The molecule has 2 aromatic rings. The molecule has 2 aliphatic carbocycles. The summed E-state index contributed by atoms with van der Waals surface area (Å²) in [5, 5.41) is 6.43. The molecule has 7 rings (SSSR count). The van der Waals surface area contributed by atoms with E-state index in [-0.39, 0.29) is 38.0 Å². The standard InChI is InChI=1S/C40H48ClF2N5O8S/c1-37(2,3)56-36(52)45-28-11-9-7-5-6-8-10-23-14-17-40(23,35(51)47-57(53,54)38(4)18-19-38)46-33(49)29-21-39(22-48(29)34(28)50)16-15-25-26-20-24(41)12-13-27(26)44-30(32(42)43)31(25)55-39/h8,10,12-14,17,20,23,28-29,32H,5-7,9,11,15-16,18-19,21-22H2,1-4H3,(H,45,52)(H,46,49)(H,47,51)/b10-8-/t23-,28+,29+,39-,40-/m1/s1. The minimum Gasteiger partial charge on any atom is -0.483 e. The summed E-state index contributed by atoms with van der Waals surface area (Å²) in [5.74, 6) is -3.21. The van der Waals surface area contributed by atoms with Crippen LogP contribution in [0.2, 0.25) is 5.02 Å². The van der Waals surface area contributed by atoms with Gasteiger partial charge in [-0.3, -0.25) is 19.1 Å². The second-order valence-electron chi connectivity index (χ2n) is 17.1. The second kappa shape index (κ2) is 14.8. The Kier molecular flexibility index (Phi) is 10.6. The van der Waals surface area contributed by atoms with E-state index in [9.17, 15) is 36.4 Å². The highest BCUT2D eigenvalue weighted by Gasteiger charge is 2.58. The van der Waals surface area contributed by atoms with Crippen molar-refractivity contribution in [2.24, 2.45) is 5.92 Å². The number of alkyl carbamates (subject to hydrolysis) is 1. The van der Waals surface area contributed by atoms with Crippen LogP contribution >= 0.6 is 11.6 Å². The van der Waals surface area contributed by atoms with Gasteiger partial charge in [-0.2, -0.15) is 0 Å². The van der Waals surface area contributed by atoms with Gasteiger partial charge in [-0.1, -0.05) is 48.7 Å². The van der Waals surface area contributed by atoms with Crippen LogP contribution in [0.5, 0.6) is 5.75 Å². The first-order valence-corrected chi connectivity index (χ1v) is 21.3. The summed E-state index contributed by atoms with van der Waals surface area (Å²) in [4.78, 5) is 62.1. The quantitative estimate of drug-likeness (QED) is 0.308. The Morgan fingerprint density at radius 3 is 2.54 bits per heavy atom. The highest BCUT2D eigenvalue weighted by Crippen LogP contribution is 2.48. The maximum atomic E-state index is 14.7. The summed E-state index contributed by atoms with van der Waals surface area (Å²) in [5.41, 5.74) is -3.85. The molecule has 1 saturated heterocycles. The number of hydrogen-bond acceptors (Lipinski definition) is 9. The number of sulfonamides is 1. The highest BCUT2D eigenvalue weighted by molar-refractivity contribution is 7.91. The number of alkyl halides is 2. The van der Waals surface area contributed by atoms with E-state index in [1.54, 1.807) is 58.0 Å². The number of nitrogens with one attached hydrogen (secondary N) is 3. The van der Waals surface area contributed by atoms with E-state index < -0.39 is 85.4 Å². The third-order valence-electron chi connectivity index (χ3n) is 11.7. The van der Waals surface area contributed by atoms with Crippen LogP contribution in [0.25, 0.3) is 10.9 Å². The fourth-order valence-electron chi connectivity index (χ4n) is 8.13. The Labute approximate surface area is 335 Å². The molecule has 17 heteroatoms. The van der Waals surface area contributed by atoms with E-state index in [1.807, 2.05) is 6.08 Å². The molecule has 5 aliphatic rings. The molecule has 1 aromatic heterocycles. The summed E-state index contributed by atoms with van der Waals surface area (Å²) in [7, 11) is -4.11. The number of fused-ring (bicyclic) bond motifs is 5. The van der Waals surface area contributed by atoms with Crippen molar-refractivity contribution in [3.05, 3.63) is 58.8 Å². The second-order valence-corrected chi connectivity index (χ2v) is 19.8. The number of amides is 4. The molecule has 1 spiro atoms. The van der Waals surface area contributed by atoms with Crippen LogP contribution in [-0.4, -0.2) is 82.2 Å². The molecule has 4 heterocycles. The normalized spacial score (nSPS) is 29.1. The van der Waals surface area contributed by atoms with Crippen LogP contribution in [0.15, 0.2) is 42.5 Å². The minimum absolute atomic E-state index is 0.146. The SMILES string of the molecule is CC(C)(C)OC(=O)N[C@H]1CCCCC/C=C\[C@@H]2C=C[C@@]2(C(=O)NS(=O)(=O)C2(C)CC2)NC(=O)[C@@H]2C[C@]3(CCc4c(c(C(F)F)nc5ccc(Cl)cc45)O3)CN2C1=O. The zero-order valence-corrected chi connectivity index (χ0v) is 33.9. The summed E-state index contributed by atoms with van der Waals surface area (Å²) >= 11 is 6.30. The third kappa shape index (κ3) is 7.95. The lowest BCUT2D eigenvalue weighted by Gasteiger charge is -2.42. The zero-order valence-electron chi connectivity index (χ0n) is 32.3. The molecule has 5 atom stereocenters. The van der Waals surface area contributed by atoms with Crippen molar-refractivity contribution < 1.29 is 45.9 Å². The first-order chi connectivity index (χ1) is 26.8. The molecule has 3 N–H and O–H groups in total. The molecule has 0 bridgehead atoms.